The van der Waals surface area contributed by atoms with E-state index >= 15 is 0 Å². The van der Waals surface area contributed by atoms with Crippen LogP contribution < -0.4 is 11.0 Å². The number of nitrogens with zero attached hydrogens (tertiary/aromatic N) is 1. The maximum absolute atomic E-state index is 13.2. The number of rotatable bonds is 10. The highest BCUT2D eigenvalue weighted by atomic mass is 32.2. The second kappa shape index (κ2) is 13.6. The molecule has 10 heteroatoms. The molecule has 36 heavy (non-hydrogen) atoms. The predicted octanol–water partition coefficient (Wildman–Crippen LogP) is 3.52. The van der Waals surface area contributed by atoms with Crippen molar-refractivity contribution in [2.24, 2.45) is 11.8 Å². The van der Waals surface area contributed by atoms with Gasteiger partial charge in [0.15, 0.2) is 0 Å². The minimum atomic E-state index is -0.947. The quantitative estimate of drug-likeness (QED) is 0.316. The molecule has 1 aliphatic carbocycles. The van der Waals surface area contributed by atoms with Crippen LogP contribution in [0.25, 0.3) is 0 Å². The molecule has 1 saturated carbocycles. The van der Waals surface area contributed by atoms with Crippen LogP contribution in [0.1, 0.15) is 52.9 Å². The number of likely N-dealkylation sites (tertiary alicyclic amines) is 1. The number of hydrogen-bond acceptors (Lipinski definition) is 8. The third kappa shape index (κ3) is 8.92. The molecule has 3 rings (SSSR count). The van der Waals surface area contributed by atoms with Crippen LogP contribution in [0.5, 0.6) is 0 Å². The van der Waals surface area contributed by atoms with Gasteiger partial charge in [0.05, 0.1) is 24.9 Å². The smallest absolute Gasteiger partial charge is 0.431 e. The van der Waals surface area contributed by atoms with E-state index < -0.39 is 29.9 Å². The Morgan fingerprint density at radius 3 is 2.50 bits per heavy atom. The van der Waals surface area contributed by atoms with Gasteiger partial charge in [-0.05, 0) is 57.6 Å². The van der Waals surface area contributed by atoms with Gasteiger partial charge >= 0.3 is 6.09 Å². The summed E-state index contributed by atoms with van der Waals surface area (Å²) in [6.07, 6.45) is 3.00. The molecule has 1 heterocycles. The fourth-order valence-electron chi connectivity index (χ4n) is 4.89. The first-order valence-corrected chi connectivity index (χ1v) is 13.7. The number of fused-ring (bicyclic) bond motifs is 1. The number of thioether (sulfide) groups is 1. The van der Waals surface area contributed by atoms with Crippen molar-refractivity contribution in [1.29, 1.82) is 0 Å². The van der Waals surface area contributed by atoms with E-state index in [9.17, 15) is 14.7 Å². The number of aliphatic hydroxyl groups is 1. The van der Waals surface area contributed by atoms with E-state index in [-0.39, 0.29) is 12.5 Å². The molecular weight excluding hydrogens is 482 g/mol. The number of hydroxylamine groups is 2. The average molecular weight is 524 g/mol. The summed E-state index contributed by atoms with van der Waals surface area (Å²) in [7, 11) is 1.25. The summed E-state index contributed by atoms with van der Waals surface area (Å²) in [5, 5.41) is 11.2. The van der Waals surface area contributed by atoms with E-state index in [4.69, 9.17) is 9.68 Å². The monoisotopic (exact) mass is 523 g/mol. The van der Waals surface area contributed by atoms with Crippen LogP contribution in [0.3, 0.4) is 0 Å². The van der Waals surface area contributed by atoms with Crippen LogP contribution in [-0.4, -0.2) is 71.8 Å². The van der Waals surface area contributed by atoms with Crippen molar-refractivity contribution in [3.8, 4) is 0 Å². The van der Waals surface area contributed by atoms with Gasteiger partial charge in [0.2, 0.25) is 0 Å². The standard InChI is InChI=1S/C26H41N3O6S/c1-26(2,3)35-27-24(31)21-14-18-10-8-9-11-19(18)15-29(21)16-22(30)23(34-28-25(32)33-4)17-36-20-12-6-5-7-13-20/h5-7,12-13,18-19,21-23,30H,8-11,14-17H2,1-4H3,(H,27,31)(H,28,32)/t18-,19+,21-,22+,23-/m0/s1. The van der Waals surface area contributed by atoms with Crippen molar-refractivity contribution in [2.75, 3.05) is 26.0 Å². The molecule has 0 aromatic heterocycles. The van der Waals surface area contributed by atoms with Gasteiger partial charge in [-0.2, -0.15) is 5.48 Å². The van der Waals surface area contributed by atoms with Gasteiger partial charge in [-0.25, -0.2) is 10.3 Å². The van der Waals surface area contributed by atoms with Crippen molar-refractivity contribution in [3.63, 3.8) is 0 Å². The molecule has 202 valence electrons. The highest BCUT2D eigenvalue weighted by Gasteiger charge is 2.41. The summed E-state index contributed by atoms with van der Waals surface area (Å²) in [5.74, 6) is 1.22. The zero-order chi connectivity index (χ0) is 26.1. The first-order chi connectivity index (χ1) is 17.2. The molecule has 1 aliphatic heterocycles. The Morgan fingerprint density at radius 2 is 1.83 bits per heavy atom. The number of nitrogens with one attached hydrogen (secondary N) is 2. The molecule has 3 N–H and O–H groups in total. The highest BCUT2D eigenvalue weighted by molar-refractivity contribution is 7.99. The molecule has 0 spiro atoms. The Balaban J connectivity index is 1.70. The summed E-state index contributed by atoms with van der Waals surface area (Å²) in [6.45, 7) is 6.62. The van der Waals surface area contributed by atoms with E-state index in [1.54, 1.807) is 0 Å². The lowest BCUT2D eigenvalue weighted by atomic mass is 9.72. The minimum absolute atomic E-state index is 0.190. The fourth-order valence-corrected chi connectivity index (χ4v) is 5.88. The summed E-state index contributed by atoms with van der Waals surface area (Å²) >= 11 is 1.52. The Bertz CT molecular complexity index is 837. The lowest BCUT2D eigenvalue weighted by molar-refractivity contribution is -0.156. The van der Waals surface area contributed by atoms with Crippen LogP contribution >= 0.6 is 11.8 Å². The van der Waals surface area contributed by atoms with Crippen LogP contribution in [0, 0.1) is 11.8 Å². The van der Waals surface area contributed by atoms with Crippen molar-refractivity contribution < 1.29 is 29.1 Å². The number of amides is 2. The van der Waals surface area contributed by atoms with Gasteiger partial charge in [-0.15, -0.1) is 11.8 Å². The molecule has 2 amide bonds. The Kier molecular flexibility index (Phi) is 10.9. The Morgan fingerprint density at radius 1 is 1.14 bits per heavy atom. The SMILES string of the molecule is COC(=O)NO[C@@H](CSc1ccccc1)[C@H](O)CN1C[C@H]2CCCC[C@H]2C[C@H]1C(=O)NOC(C)(C)C. The Hall–Kier alpha value is -1.85. The highest BCUT2D eigenvalue weighted by Crippen LogP contribution is 2.39. The number of carbonyl (C=O) groups is 2. The molecule has 2 aliphatic rings. The second-order valence-corrected chi connectivity index (χ2v) is 11.7. The number of aliphatic hydroxyl groups excluding tert-OH is 1. The summed E-state index contributed by atoms with van der Waals surface area (Å²) in [4.78, 5) is 39.0. The molecule has 1 aromatic rings. The lowest BCUT2D eigenvalue weighted by Gasteiger charge is -2.46. The summed E-state index contributed by atoms with van der Waals surface area (Å²) in [6, 6.07) is 9.38. The van der Waals surface area contributed by atoms with Crippen LogP contribution in [0.4, 0.5) is 4.79 Å². The van der Waals surface area contributed by atoms with Gasteiger partial charge in [-0.3, -0.25) is 19.4 Å². The lowest BCUT2D eigenvalue weighted by Crippen LogP contribution is -2.58. The molecule has 1 saturated heterocycles. The van der Waals surface area contributed by atoms with Crippen LogP contribution in [0.2, 0.25) is 0 Å². The van der Waals surface area contributed by atoms with E-state index in [0.29, 0.717) is 17.6 Å². The second-order valence-electron chi connectivity index (χ2n) is 10.6. The maximum Gasteiger partial charge on any atom is 0.431 e. The van der Waals surface area contributed by atoms with Gasteiger partial charge in [0.25, 0.3) is 5.91 Å². The molecule has 2 fully saturated rings. The fraction of sp³-hybridized carbons (Fsp3) is 0.692. The molecule has 9 nitrogen and oxygen atoms in total. The largest absolute Gasteiger partial charge is 0.451 e. The number of ether oxygens (including phenoxy) is 1. The van der Waals surface area contributed by atoms with Crippen molar-refractivity contribution in [1.82, 2.24) is 15.9 Å². The molecule has 0 radical (unpaired) electrons. The number of methoxy groups -OCH3 is 1. The third-order valence-electron chi connectivity index (χ3n) is 6.75. The van der Waals surface area contributed by atoms with Crippen LogP contribution in [-0.2, 0) is 19.2 Å². The van der Waals surface area contributed by atoms with E-state index in [1.165, 1.54) is 31.7 Å². The van der Waals surface area contributed by atoms with E-state index in [1.807, 2.05) is 51.1 Å². The molecular formula is C26H41N3O6S. The first kappa shape index (κ1) is 28.7. The normalized spacial score (nSPS) is 24.3. The molecule has 0 unspecified atom stereocenters. The average Bonchev–Trinajstić information content (AvgIpc) is 2.86. The summed E-state index contributed by atoms with van der Waals surface area (Å²) < 4.78 is 4.61. The van der Waals surface area contributed by atoms with Gasteiger partial charge in [0.1, 0.15) is 6.10 Å². The Labute approximate surface area is 218 Å². The number of hydrogen-bond donors (Lipinski definition) is 3. The van der Waals surface area contributed by atoms with E-state index in [2.05, 4.69) is 20.6 Å². The van der Waals surface area contributed by atoms with E-state index in [0.717, 1.165) is 30.7 Å². The third-order valence-corrected chi connectivity index (χ3v) is 7.85. The minimum Gasteiger partial charge on any atom is -0.451 e. The van der Waals surface area contributed by atoms with Gasteiger partial charge in [0, 0.05) is 23.7 Å². The number of β-amino-alcohol motifs (C(OH)–C–C–N with tert-alkyl or cyclic N) is 1. The number of piperidine rings is 1. The summed E-state index contributed by atoms with van der Waals surface area (Å²) in [5.41, 5.74) is 4.39. The van der Waals surface area contributed by atoms with Gasteiger partial charge in [-0.1, -0.05) is 37.5 Å². The zero-order valence-corrected chi connectivity index (χ0v) is 22.6. The van der Waals surface area contributed by atoms with Crippen LogP contribution in [0.15, 0.2) is 35.2 Å². The number of benzene rings is 1. The molecule has 0 bridgehead atoms. The predicted molar refractivity (Wildman–Crippen MR) is 138 cm³/mol. The topological polar surface area (TPSA) is 109 Å². The van der Waals surface area contributed by atoms with Crippen molar-refractivity contribution in [2.45, 2.75) is 81.6 Å². The maximum atomic E-state index is 13.2. The number of carbonyl (C=O) groups excluding carboxylic acids is 2. The van der Waals surface area contributed by atoms with Crippen molar-refractivity contribution in [3.05, 3.63) is 30.3 Å². The zero-order valence-electron chi connectivity index (χ0n) is 21.8. The first-order valence-electron chi connectivity index (χ1n) is 12.7. The molecule has 5 atom stereocenters. The van der Waals surface area contributed by atoms with Gasteiger partial charge < -0.3 is 9.84 Å². The molecule has 1 aromatic carbocycles. The van der Waals surface area contributed by atoms with Crippen molar-refractivity contribution >= 4 is 23.8 Å².